The van der Waals surface area contributed by atoms with Crippen molar-refractivity contribution in [1.82, 2.24) is 5.32 Å². The van der Waals surface area contributed by atoms with Crippen LogP contribution >= 0.6 is 0 Å². The number of carbonyl (C=O) groups excluding carboxylic acids is 1. The summed E-state index contributed by atoms with van der Waals surface area (Å²) in [6, 6.07) is 4.07. The topological polar surface area (TPSA) is 49.3 Å². The van der Waals surface area contributed by atoms with Gasteiger partial charge in [-0.2, -0.15) is 0 Å². The fourth-order valence-corrected chi connectivity index (χ4v) is 2.78. The first-order valence-electron chi connectivity index (χ1n) is 7.30. The lowest BCUT2D eigenvalue weighted by atomic mass is 9.87. The molecule has 0 aliphatic heterocycles. The van der Waals surface area contributed by atoms with Gasteiger partial charge in [0, 0.05) is 11.6 Å². The van der Waals surface area contributed by atoms with Crippen LogP contribution in [0.25, 0.3) is 0 Å². The zero-order valence-corrected chi connectivity index (χ0v) is 12.2. The minimum atomic E-state index is -0.466. The molecular formula is C17H20FNO2. The molecule has 1 amide bonds. The second kappa shape index (κ2) is 7.24. The van der Waals surface area contributed by atoms with Crippen molar-refractivity contribution in [3.8, 4) is 11.8 Å². The molecule has 0 spiro atoms. The summed E-state index contributed by atoms with van der Waals surface area (Å²) in [5.41, 5.74) is 0.668. The van der Waals surface area contributed by atoms with E-state index in [4.69, 9.17) is 5.11 Å². The molecule has 4 heteroatoms. The molecule has 2 rings (SSSR count). The first-order valence-corrected chi connectivity index (χ1v) is 7.30. The van der Waals surface area contributed by atoms with Crippen molar-refractivity contribution < 1.29 is 14.3 Å². The van der Waals surface area contributed by atoms with Crippen molar-refractivity contribution in [1.29, 1.82) is 0 Å². The van der Waals surface area contributed by atoms with E-state index in [1.807, 2.05) is 0 Å². The third-order valence-corrected chi connectivity index (χ3v) is 3.80. The quantitative estimate of drug-likeness (QED) is 0.822. The third-order valence-electron chi connectivity index (χ3n) is 3.80. The Morgan fingerprint density at radius 1 is 1.48 bits per heavy atom. The first kappa shape index (κ1) is 15.5. The molecule has 0 aromatic heterocycles. The summed E-state index contributed by atoms with van der Waals surface area (Å²) >= 11 is 0. The van der Waals surface area contributed by atoms with Crippen molar-refractivity contribution in [3.63, 3.8) is 0 Å². The standard InChI is InChI=1S/C17H20FNO2/c1-12-4-2-6-15(10-12)19-17(21)16-11-14(18)8-7-13(16)5-3-9-20/h7-8,11-12,15,20H,2,4,6,9-10H2,1H3,(H,19,21). The van der Waals surface area contributed by atoms with Gasteiger partial charge < -0.3 is 10.4 Å². The first-order chi connectivity index (χ1) is 10.1. The highest BCUT2D eigenvalue weighted by Gasteiger charge is 2.22. The molecule has 0 radical (unpaired) electrons. The molecule has 1 saturated carbocycles. The molecule has 1 aromatic carbocycles. The van der Waals surface area contributed by atoms with Crippen LogP contribution in [0.15, 0.2) is 18.2 Å². The monoisotopic (exact) mass is 289 g/mol. The van der Waals surface area contributed by atoms with Crippen LogP contribution in [0.3, 0.4) is 0 Å². The van der Waals surface area contributed by atoms with Gasteiger partial charge >= 0.3 is 0 Å². The van der Waals surface area contributed by atoms with E-state index < -0.39 is 5.82 Å². The van der Waals surface area contributed by atoms with E-state index in [1.54, 1.807) is 0 Å². The summed E-state index contributed by atoms with van der Waals surface area (Å²) in [6.45, 7) is 1.89. The van der Waals surface area contributed by atoms with E-state index in [1.165, 1.54) is 24.6 Å². The lowest BCUT2D eigenvalue weighted by Gasteiger charge is -2.27. The van der Waals surface area contributed by atoms with Crippen LogP contribution in [0, 0.1) is 23.6 Å². The van der Waals surface area contributed by atoms with E-state index in [2.05, 4.69) is 24.1 Å². The lowest BCUT2D eigenvalue weighted by molar-refractivity contribution is 0.0920. The van der Waals surface area contributed by atoms with E-state index in [0.29, 0.717) is 11.5 Å². The molecule has 1 fully saturated rings. The normalized spacial score (nSPS) is 21.3. The van der Waals surface area contributed by atoms with Crippen molar-refractivity contribution in [2.75, 3.05) is 6.61 Å². The Morgan fingerprint density at radius 3 is 3.00 bits per heavy atom. The zero-order valence-electron chi connectivity index (χ0n) is 12.2. The Hall–Kier alpha value is -1.86. The Balaban J connectivity index is 2.15. The van der Waals surface area contributed by atoms with Gasteiger partial charge in [-0.15, -0.1) is 0 Å². The SMILES string of the molecule is CC1CCCC(NC(=O)c2cc(F)ccc2C#CCO)C1. The number of hydrogen-bond donors (Lipinski definition) is 2. The molecule has 1 aliphatic carbocycles. The van der Waals surface area contributed by atoms with E-state index in [-0.39, 0.29) is 24.1 Å². The van der Waals surface area contributed by atoms with Crippen LogP contribution in [0.2, 0.25) is 0 Å². The predicted octanol–water partition coefficient (Wildman–Crippen LogP) is 2.48. The van der Waals surface area contributed by atoms with Crippen LogP contribution in [-0.4, -0.2) is 23.7 Å². The number of carbonyl (C=O) groups is 1. The van der Waals surface area contributed by atoms with Crippen LogP contribution in [-0.2, 0) is 0 Å². The Labute approximate surface area is 124 Å². The van der Waals surface area contributed by atoms with Crippen molar-refractivity contribution in [3.05, 3.63) is 35.1 Å². The van der Waals surface area contributed by atoms with Crippen molar-refractivity contribution >= 4 is 5.91 Å². The van der Waals surface area contributed by atoms with Crippen LogP contribution in [0.4, 0.5) is 4.39 Å². The Bertz CT molecular complexity index is 574. The van der Waals surface area contributed by atoms with Gasteiger partial charge in [0.25, 0.3) is 5.91 Å². The Kier molecular flexibility index (Phi) is 5.35. The van der Waals surface area contributed by atoms with Gasteiger partial charge in [-0.25, -0.2) is 4.39 Å². The van der Waals surface area contributed by atoms with Gasteiger partial charge in [0.15, 0.2) is 0 Å². The van der Waals surface area contributed by atoms with Gasteiger partial charge in [-0.1, -0.05) is 31.6 Å². The zero-order chi connectivity index (χ0) is 15.2. The van der Waals surface area contributed by atoms with Crippen LogP contribution in [0.1, 0.15) is 48.5 Å². The number of aliphatic hydroxyl groups excluding tert-OH is 1. The molecule has 112 valence electrons. The number of amides is 1. The lowest BCUT2D eigenvalue weighted by Crippen LogP contribution is -2.38. The molecule has 2 unspecified atom stereocenters. The van der Waals surface area contributed by atoms with E-state index in [9.17, 15) is 9.18 Å². The second-order valence-electron chi connectivity index (χ2n) is 5.59. The highest BCUT2D eigenvalue weighted by Crippen LogP contribution is 2.24. The number of rotatable bonds is 2. The molecule has 0 bridgehead atoms. The molecule has 0 heterocycles. The van der Waals surface area contributed by atoms with E-state index in [0.717, 1.165) is 19.3 Å². The molecular weight excluding hydrogens is 269 g/mol. The molecule has 2 atom stereocenters. The number of benzene rings is 1. The highest BCUT2D eigenvalue weighted by atomic mass is 19.1. The van der Waals surface area contributed by atoms with Crippen molar-refractivity contribution in [2.24, 2.45) is 5.92 Å². The maximum Gasteiger partial charge on any atom is 0.252 e. The van der Waals surface area contributed by atoms with Gasteiger partial charge in [0.2, 0.25) is 0 Å². The number of nitrogens with one attached hydrogen (secondary N) is 1. The summed E-state index contributed by atoms with van der Waals surface area (Å²) in [7, 11) is 0. The summed E-state index contributed by atoms with van der Waals surface area (Å²) in [5, 5.41) is 11.7. The van der Waals surface area contributed by atoms with Gasteiger partial charge in [0.1, 0.15) is 12.4 Å². The molecule has 21 heavy (non-hydrogen) atoms. The summed E-state index contributed by atoms with van der Waals surface area (Å²) in [5.74, 6) is 5.02. The molecule has 0 saturated heterocycles. The largest absolute Gasteiger partial charge is 0.384 e. The minimum absolute atomic E-state index is 0.142. The number of aliphatic hydroxyl groups is 1. The fraction of sp³-hybridized carbons (Fsp3) is 0.471. The van der Waals surface area contributed by atoms with Crippen molar-refractivity contribution in [2.45, 2.75) is 38.6 Å². The molecule has 1 aromatic rings. The Morgan fingerprint density at radius 2 is 2.29 bits per heavy atom. The third kappa shape index (κ3) is 4.30. The summed E-state index contributed by atoms with van der Waals surface area (Å²) in [6.07, 6.45) is 4.22. The summed E-state index contributed by atoms with van der Waals surface area (Å²) < 4.78 is 13.4. The minimum Gasteiger partial charge on any atom is -0.384 e. The number of hydrogen-bond acceptors (Lipinski definition) is 2. The molecule has 2 N–H and O–H groups in total. The van der Waals surface area contributed by atoms with E-state index >= 15 is 0 Å². The van der Waals surface area contributed by atoms with Crippen LogP contribution in [0.5, 0.6) is 0 Å². The average molecular weight is 289 g/mol. The van der Waals surface area contributed by atoms with Crippen LogP contribution < -0.4 is 5.32 Å². The predicted molar refractivity (Wildman–Crippen MR) is 79.3 cm³/mol. The highest BCUT2D eigenvalue weighted by molar-refractivity contribution is 5.97. The number of halogens is 1. The maximum absolute atomic E-state index is 13.4. The maximum atomic E-state index is 13.4. The fourth-order valence-electron chi connectivity index (χ4n) is 2.78. The second-order valence-corrected chi connectivity index (χ2v) is 5.59. The smallest absolute Gasteiger partial charge is 0.252 e. The van der Waals surface area contributed by atoms with Gasteiger partial charge in [-0.3, -0.25) is 4.79 Å². The van der Waals surface area contributed by atoms with Gasteiger partial charge in [-0.05, 0) is 37.0 Å². The molecule has 3 nitrogen and oxygen atoms in total. The average Bonchev–Trinajstić information content (AvgIpc) is 2.46. The summed E-state index contributed by atoms with van der Waals surface area (Å²) in [4.78, 5) is 12.3. The molecule has 1 aliphatic rings. The van der Waals surface area contributed by atoms with Gasteiger partial charge in [0.05, 0.1) is 5.56 Å².